The van der Waals surface area contributed by atoms with Gasteiger partial charge < -0.3 is 5.32 Å². The second-order valence-corrected chi connectivity index (χ2v) is 3.86. The topological polar surface area (TPSA) is 70.6 Å². The number of halogens is 1. The first kappa shape index (κ1) is 14.8. The minimum atomic E-state index is -0.825. The van der Waals surface area contributed by atoms with Gasteiger partial charge in [-0.3, -0.25) is 9.59 Å². The number of benzene rings is 1. The van der Waals surface area contributed by atoms with Crippen LogP contribution in [0.2, 0.25) is 0 Å². The molecule has 102 valence electrons. The predicted octanol–water partition coefficient (Wildman–Crippen LogP) is 1.19. The molecule has 0 aliphatic heterocycles. The van der Waals surface area contributed by atoms with E-state index in [9.17, 15) is 14.0 Å². The van der Waals surface area contributed by atoms with Crippen molar-refractivity contribution in [2.45, 2.75) is 19.8 Å². The first-order valence-corrected chi connectivity index (χ1v) is 6.00. The van der Waals surface area contributed by atoms with E-state index in [-0.39, 0.29) is 5.82 Å². The van der Waals surface area contributed by atoms with Crippen LogP contribution in [-0.4, -0.2) is 24.6 Å². The Bertz CT molecular complexity index is 457. The molecule has 0 aromatic heterocycles. The number of hydrazone groups is 1. The average molecular weight is 265 g/mol. The number of unbranched alkanes of at least 4 members (excludes halogenated alkanes) is 1. The predicted molar refractivity (Wildman–Crippen MR) is 70.1 cm³/mol. The Morgan fingerprint density at radius 3 is 2.58 bits per heavy atom. The summed E-state index contributed by atoms with van der Waals surface area (Å²) in [5.41, 5.74) is 2.72. The zero-order valence-corrected chi connectivity index (χ0v) is 10.6. The minimum Gasteiger partial charge on any atom is -0.348 e. The van der Waals surface area contributed by atoms with Gasteiger partial charge in [-0.1, -0.05) is 25.5 Å². The summed E-state index contributed by atoms with van der Waals surface area (Å²) < 4.78 is 12.6. The molecule has 2 amide bonds. The minimum absolute atomic E-state index is 0.350. The van der Waals surface area contributed by atoms with Crippen LogP contribution in [0.3, 0.4) is 0 Å². The first-order valence-electron chi connectivity index (χ1n) is 6.00. The maximum absolute atomic E-state index is 12.6. The van der Waals surface area contributed by atoms with Crippen LogP contribution in [-0.2, 0) is 9.59 Å². The van der Waals surface area contributed by atoms with Crippen molar-refractivity contribution in [3.8, 4) is 0 Å². The SMILES string of the molecule is CCCCNC(=O)C(=O)NN=Cc1ccc(F)cc1. The van der Waals surface area contributed by atoms with Crippen molar-refractivity contribution >= 4 is 18.0 Å². The largest absolute Gasteiger partial charge is 0.348 e. The molecule has 0 spiro atoms. The van der Waals surface area contributed by atoms with Crippen molar-refractivity contribution in [2.24, 2.45) is 5.10 Å². The highest BCUT2D eigenvalue weighted by Gasteiger charge is 2.10. The Balaban J connectivity index is 2.36. The summed E-state index contributed by atoms with van der Waals surface area (Å²) in [6.45, 7) is 2.45. The zero-order chi connectivity index (χ0) is 14.1. The van der Waals surface area contributed by atoms with Gasteiger partial charge in [0.1, 0.15) is 5.82 Å². The van der Waals surface area contributed by atoms with Gasteiger partial charge in [-0.05, 0) is 24.1 Å². The molecule has 0 fully saturated rings. The van der Waals surface area contributed by atoms with Crippen molar-refractivity contribution in [2.75, 3.05) is 6.54 Å². The van der Waals surface area contributed by atoms with Crippen molar-refractivity contribution in [3.05, 3.63) is 35.6 Å². The van der Waals surface area contributed by atoms with Crippen LogP contribution in [0.1, 0.15) is 25.3 Å². The molecule has 5 nitrogen and oxygen atoms in total. The normalized spacial score (nSPS) is 10.4. The summed E-state index contributed by atoms with van der Waals surface area (Å²) in [7, 11) is 0. The number of rotatable bonds is 5. The van der Waals surface area contributed by atoms with Crippen LogP contribution in [0.25, 0.3) is 0 Å². The summed E-state index contributed by atoms with van der Waals surface area (Å²) in [5.74, 6) is -1.89. The van der Waals surface area contributed by atoms with Crippen molar-refractivity contribution in [1.29, 1.82) is 0 Å². The van der Waals surface area contributed by atoms with Crippen molar-refractivity contribution in [3.63, 3.8) is 0 Å². The maximum atomic E-state index is 12.6. The van der Waals surface area contributed by atoms with E-state index in [0.29, 0.717) is 12.1 Å². The van der Waals surface area contributed by atoms with Crippen LogP contribution in [0.15, 0.2) is 29.4 Å². The average Bonchev–Trinajstić information content (AvgIpc) is 2.41. The molecule has 0 bridgehead atoms. The van der Waals surface area contributed by atoms with Crippen LogP contribution < -0.4 is 10.7 Å². The van der Waals surface area contributed by atoms with Gasteiger partial charge in [0, 0.05) is 6.54 Å². The molecule has 0 atom stereocenters. The van der Waals surface area contributed by atoms with Gasteiger partial charge in [-0.2, -0.15) is 5.10 Å². The van der Waals surface area contributed by atoms with E-state index in [1.165, 1.54) is 30.5 Å². The summed E-state index contributed by atoms with van der Waals surface area (Å²) >= 11 is 0. The monoisotopic (exact) mass is 265 g/mol. The first-order chi connectivity index (χ1) is 9.13. The standard InChI is InChI=1S/C13H16FN3O2/c1-2-3-8-15-12(18)13(19)17-16-9-10-4-6-11(14)7-5-10/h4-7,9H,2-3,8H2,1H3,(H,15,18)(H,17,19). The summed E-state index contributed by atoms with van der Waals surface area (Å²) in [6, 6.07) is 5.57. The smallest absolute Gasteiger partial charge is 0.329 e. The molecule has 1 rings (SSSR count). The lowest BCUT2D eigenvalue weighted by molar-refractivity contribution is -0.139. The number of carbonyl (C=O) groups excluding carboxylic acids is 2. The molecule has 0 saturated carbocycles. The lowest BCUT2D eigenvalue weighted by Crippen LogP contribution is -2.38. The summed E-state index contributed by atoms with van der Waals surface area (Å²) in [6.07, 6.45) is 3.08. The number of carbonyl (C=O) groups is 2. The molecule has 2 N–H and O–H groups in total. The number of nitrogens with zero attached hydrogens (tertiary/aromatic N) is 1. The Hall–Kier alpha value is -2.24. The highest BCUT2D eigenvalue weighted by molar-refractivity contribution is 6.35. The number of nitrogens with one attached hydrogen (secondary N) is 2. The molecule has 1 aromatic rings. The lowest BCUT2D eigenvalue weighted by atomic mass is 10.2. The van der Waals surface area contributed by atoms with E-state index in [2.05, 4.69) is 15.8 Å². The lowest BCUT2D eigenvalue weighted by Gasteiger charge is -2.02. The highest BCUT2D eigenvalue weighted by atomic mass is 19.1. The molecular formula is C13H16FN3O2. The van der Waals surface area contributed by atoms with E-state index in [4.69, 9.17) is 0 Å². The summed E-state index contributed by atoms with van der Waals surface area (Å²) in [4.78, 5) is 22.5. The van der Waals surface area contributed by atoms with E-state index in [1.807, 2.05) is 6.92 Å². The van der Waals surface area contributed by atoms with Gasteiger partial charge in [0.2, 0.25) is 0 Å². The Labute approximate surface area is 110 Å². The number of hydrogen-bond donors (Lipinski definition) is 2. The zero-order valence-electron chi connectivity index (χ0n) is 10.6. The fourth-order valence-corrected chi connectivity index (χ4v) is 1.22. The molecular weight excluding hydrogens is 249 g/mol. The third-order valence-corrected chi connectivity index (χ3v) is 2.27. The molecule has 0 heterocycles. The van der Waals surface area contributed by atoms with Crippen LogP contribution in [0, 0.1) is 5.82 Å². The van der Waals surface area contributed by atoms with E-state index < -0.39 is 11.8 Å². The highest BCUT2D eigenvalue weighted by Crippen LogP contribution is 1.99. The van der Waals surface area contributed by atoms with E-state index >= 15 is 0 Å². The van der Waals surface area contributed by atoms with Crippen LogP contribution in [0.4, 0.5) is 4.39 Å². The molecule has 0 radical (unpaired) electrons. The van der Waals surface area contributed by atoms with Crippen LogP contribution >= 0.6 is 0 Å². The fourth-order valence-electron chi connectivity index (χ4n) is 1.22. The number of amides is 2. The quantitative estimate of drug-likeness (QED) is 0.363. The van der Waals surface area contributed by atoms with Gasteiger partial charge in [-0.25, -0.2) is 9.82 Å². The summed E-state index contributed by atoms with van der Waals surface area (Å²) in [5, 5.41) is 6.08. The molecule has 0 unspecified atom stereocenters. The number of hydrogen-bond acceptors (Lipinski definition) is 3. The van der Waals surface area contributed by atoms with Crippen LogP contribution in [0.5, 0.6) is 0 Å². The van der Waals surface area contributed by atoms with Gasteiger partial charge >= 0.3 is 11.8 Å². The van der Waals surface area contributed by atoms with Gasteiger partial charge in [0.15, 0.2) is 0 Å². The Morgan fingerprint density at radius 1 is 1.26 bits per heavy atom. The van der Waals surface area contributed by atoms with Gasteiger partial charge in [0.25, 0.3) is 0 Å². The maximum Gasteiger partial charge on any atom is 0.329 e. The van der Waals surface area contributed by atoms with E-state index in [1.54, 1.807) is 0 Å². The molecule has 0 saturated heterocycles. The molecule has 6 heteroatoms. The molecule has 19 heavy (non-hydrogen) atoms. The third kappa shape index (κ3) is 5.76. The second kappa shape index (κ2) is 7.97. The fraction of sp³-hybridized carbons (Fsp3) is 0.308. The second-order valence-electron chi connectivity index (χ2n) is 3.86. The van der Waals surface area contributed by atoms with E-state index in [0.717, 1.165) is 12.8 Å². The Kier molecular flexibility index (Phi) is 6.21. The van der Waals surface area contributed by atoms with Gasteiger partial charge in [-0.15, -0.1) is 0 Å². The third-order valence-electron chi connectivity index (χ3n) is 2.27. The Morgan fingerprint density at radius 2 is 1.95 bits per heavy atom. The van der Waals surface area contributed by atoms with Crippen molar-refractivity contribution in [1.82, 2.24) is 10.7 Å². The molecule has 1 aromatic carbocycles. The van der Waals surface area contributed by atoms with Gasteiger partial charge in [0.05, 0.1) is 6.21 Å². The molecule has 0 aliphatic rings. The molecule has 0 aliphatic carbocycles. The van der Waals surface area contributed by atoms with Crippen molar-refractivity contribution < 1.29 is 14.0 Å².